The highest BCUT2D eigenvalue weighted by atomic mass is 16.5. The van der Waals surface area contributed by atoms with Crippen molar-refractivity contribution in [1.82, 2.24) is 10.6 Å². The van der Waals surface area contributed by atoms with E-state index in [9.17, 15) is 19.2 Å². The van der Waals surface area contributed by atoms with Crippen molar-refractivity contribution in [3.8, 4) is 0 Å². The van der Waals surface area contributed by atoms with E-state index in [-0.39, 0.29) is 30.9 Å². The molecular formula is C42H74N2O7. The molecule has 0 bridgehead atoms. The Morgan fingerprint density at radius 2 is 1.12 bits per heavy atom. The first-order valence-corrected chi connectivity index (χ1v) is 20.4. The minimum atomic E-state index is -1.39. The summed E-state index contributed by atoms with van der Waals surface area (Å²) in [4.78, 5) is 47.4. The van der Waals surface area contributed by atoms with Crippen LogP contribution in [0.5, 0.6) is 0 Å². The van der Waals surface area contributed by atoms with Gasteiger partial charge >= 0.3 is 11.9 Å². The molecule has 0 aromatic heterocycles. The van der Waals surface area contributed by atoms with E-state index in [4.69, 9.17) is 14.9 Å². The highest BCUT2D eigenvalue weighted by Crippen LogP contribution is 2.15. The predicted octanol–water partition coefficient (Wildman–Crippen LogP) is 9.43. The molecule has 0 spiro atoms. The molecule has 0 aliphatic carbocycles. The Morgan fingerprint density at radius 3 is 1.71 bits per heavy atom. The van der Waals surface area contributed by atoms with Crippen LogP contribution in [0.15, 0.2) is 36.5 Å². The van der Waals surface area contributed by atoms with Crippen LogP contribution in [-0.2, 0) is 23.9 Å². The number of carboxylic acid groups (broad SMARTS) is 1. The Balaban J connectivity index is 4.36. The first-order chi connectivity index (χ1) is 24.8. The first kappa shape index (κ1) is 48.1. The van der Waals surface area contributed by atoms with Crippen LogP contribution < -0.4 is 10.6 Å². The van der Waals surface area contributed by atoms with Gasteiger partial charge < -0.3 is 25.6 Å². The van der Waals surface area contributed by atoms with Gasteiger partial charge in [0, 0.05) is 12.8 Å². The van der Waals surface area contributed by atoms with Crippen LogP contribution in [0.4, 0.5) is 0 Å². The molecule has 51 heavy (non-hydrogen) atoms. The summed E-state index contributed by atoms with van der Waals surface area (Å²) >= 11 is 0. The van der Waals surface area contributed by atoms with Crippen molar-refractivity contribution in [3.05, 3.63) is 36.5 Å². The number of aliphatic hydroxyl groups is 1. The van der Waals surface area contributed by atoms with Crippen LogP contribution in [0.3, 0.4) is 0 Å². The molecule has 0 radical (unpaired) electrons. The maximum atomic E-state index is 12.7. The maximum absolute atomic E-state index is 12.7. The minimum Gasteiger partial charge on any atom is -0.480 e. The van der Waals surface area contributed by atoms with E-state index >= 15 is 0 Å². The van der Waals surface area contributed by atoms with Crippen LogP contribution in [0, 0.1) is 0 Å². The van der Waals surface area contributed by atoms with Gasteiger partial charge in [-0.15, -0.1) is 0 Å². The van der Waals surface area contributed by atoms with Gasteiger partial charge in [-0.25, -0.2) is 4.79 Å². The van der Waals surface area contributed by atoms with E-state index in [0.717, 1.165) is 64.2 Å². The van der Waals surface area contributed by atoms with E-state index < -0.39 is 24.5 Å². The zero-order chi connectivity index (χ0) is 37.6. The van der Waals surface area contributed by atoms with Gasteiger partial charge in [-0.05, 0) is 76.7 Å². The Kier molecular flexibility index (Phi) is 34.7. The number of carbonyl (C=O) groups is 4. The quantitative estimate of drug-likeness (QED) is 0.0287. The number of hydrogen-bond donors (Lipinski definition) is 4. The van der Waals surface area contributed by atoms with Crippen molar-refractivity contribution in [2.45, 2.75) is 193 Å². The second-order valence-electron chi connectivity index (χ2n) is 13.7. The monoisotopic (exact) mass is 719 g/mol. The van der Waals surface area contributed by atoms with Crippen molar-refractivity contribution in [3.63, 3.8) is 0 Å². The lowest BCUT2D eigenvalue weighted by atomic mass is 10.1. The molecule has 9 heteroatoms. The third kappa shape index (κ3) is 33.9. The average Bonchev–Trinajstić information content (AvgIpc) is 3.11. The highest BCUT2D eigenvalue weighted by molar-refractivity contribution is 5.87. The minimum absolute atomic E-state index is 0.136. The Labute approximate surface area is 310 Å². The summed E-state index contributed by atoms with van der Waals surface area (Å²) in [6.07, 6.45) is 40.4. The number of ether oxygens (including phenoxy) is 1. The van der Waals surface area contributed by atoms with E-state index in [1.807, 2.05) is 6.08 Å². The largest absolute Gasteiger partial charge is 0.480 e. The van der Waals surface area contributed by atoms with Crippen LogP contribution >= 0.6 is 0 Å². The van der Waals surface area contributed by atoms with Crippen LogP contribution in [-0.4, -0.2) is 59.3 Å². The number of rotatable bonds is 36. The van der Waals surface area contributed by atoms with Crippen molar-refractivity contribution in [2.24, 2.45) is 0 Å². The third-order valence-corrected chi connectivity index (χ3v) is 8.84. The van der Waals surface area contributed by atoms with Crippen molar-refractivity contribution in [1.29, 1.82) is 0 Å². The molecule has 0 rings (SSSR count). The smallest absolute Gasteiger partial charge is 0.328 e. The van der Waals surface area contributed by atoms with Gasteiger partial charge in [0.2, 0.25) is 11.8 Å². The summed E-state index contributed by atoms with van der Waals surface area (Å²) in [5.74, 6) is -2.43. The summed E-state index contributed by atoms with van der Waals surface area (Å²) in [6.45, 7) is 3.41. The van der Waals surface area contributed by atoms with Gasteiger partial charge in [0.05, 0.1) is 13.2 Å². The van der Waals surface area contributed by atoms with Gasteiger partial charge in [0.15, 0.2) is 0 Å². The second-order valence-corrected chi connectivity index (χ2v) is 13.7. The second kappa shape index (κ2) is 36.8. The van der Waals surface area contributed by atoms with Crippen LogP contribution in [0.25, 0.3) is 0 Å². The van der Waals surface area contributed by atoms with Gasteiger partial charge in [-0.3, -0.25) is 14.4 Å². The van der Waals surface area contributed by atoms with Crippen LogP contribution in [0.1, 0.15) is 181 Å². The average molecular weight is 719 g/mol. The summed E-state index contributed by atoms with van der Waals surface area (Å²) in [5, 5.41) is 22.5. The molecular weight excluding hydrogens is 644 g/mol. The molecule has 0 aliphatic rings. The summed E-state index contributed by atoms with van der Waals surface area (Å²) in [5.41, 5.74) is 0. The molecule has 2 unspecified atom stereocenters. The summed E-state index contributed by atoms with van der Waals surface area (Å²) < 4.78 is 5.88. The number of hydrogen-bond acceptors (Lipinski definition) is 6. The zero-order valence-corrected chi connectivity index (χ0v) is 32.4. The number of esters is 1. The fourth-order valence-electron chi connectivity index (χ4n) is 5.66. The number of unbranched alkanes of at least 4 members (excludes halogenated alkanes) is 18. The molecule has 2 atom stereocenters. The van der Waals surface area contributed by atoms with Crippen molar-refractivity contribution < 1.29 is 34.1 Å². The number of aliphatic carboxylic acids is 1. The molecule has 0 saturated heterocycles. The van der Waals surface area contributed by atoms with Crippen molar-refractivity contribution >= 4 is 23.8 Å². The molecule has 0 heterocycles. The van der Waals surface area contributed by atoms with Gasteiger partial charge in [0.1, 0.15) is 12.1 Å². The van der Waals surface area contributed by atoms with E-state index in [2.05, 4.69) is 54.9 Å². The topological polar surface area (TPSA) is 142 Å². The van der Waals surface area contributed by atoms with Crippen LogP contribution in [0.2, 0.25) is 0 Å². The normalized spacial score (nSPS) is 12.8. The Bertz CT molecular complexity index is 963. The molecule has 0 aliphatic heterocycles. The molecule has 9 nitrogen and oxygen atoms in total. The molecule has 0 aromatic carbocycles. The Hall–Kier alpha value is -2.94. The highest BCUT2D eigenvalue weighted by Gasteiger charge is 2.18. The van der Waals surface area contributed by atoms with Gasteiger partial charge in [0.25, 0.3) is 0 Å². The maximum Gasteiger partial charge on any atom is 0.328 e. The standard InChI is InChI=1S/C42H74N2O7/c1-3-5-7-9-11-13-14-15-16-17-18-20-22-24-30-34-41(48)51-37(31-27-23-21-19-12-10-8-6-4-2)32-28-25-26-29-33-39(46)43-35-40(47)44-38(36-45)42(49)50/h15-16,19,21,27,31,37-38,45H,3-14,17-18,20,22-26,28-30,32-36H2,1-2H3,(H,43,46)(H,44,47)(H,49,50)/b16-15-,21-19-,31-27-. The fourth-order valence-corrected chi connectivity index (χ4v) is 5.66. The molecule has 0 fully saturated rings. The lowest BCUT2D eigenvalue weighted by molar-refractivity contribution is -0.147. The molecule has 4 N–H and O–H groups in total. The number of nitrogens with one attached hydrogen (secondary N) is 2. The molecule has 0 aromatic rings. The fraction of sp³-hybridized carbons (Fsp3) is 0.762. The third-order valence-electron chi connectivity index (χ3n) is 8.84. The van der Waals surface area contributed by atoms with E-state index in [1.165, 1.54) is 83.5 Å². The number of carboxylic acids is 1. The van der Waals surface area contributed by atoms with Gasteiger partial charge in [-0.2, -0.15) is 0 Å². The SMILES string of the molecule is CCCCCC/C=C\C/C=C\C(CCCCCCC(=O)NCC(=O)NC(CO)C(=O)O)OC(=O)CCCCCCC/C=C\CCCCCCCC. The zero-order valence-electron chi connectivity index (χ0n) is 32.4. The predicted molar refractivity (Wildman–Crippen MR) is 208 cm³/mol. The van der Waals surface area contributed by atoms with Crippen molar-refractivity contribution in [2.75, 3.05) is 13.2 Å². The Morgan fingerprint density at radius 1 is 0.608 bits per heavy atom. The first-order valence-electron chi connectivity index (χ1n) is 20.4. The van der Waals surface area contributed by atoms with Gasteiger partial charge in [-0.1, -0.05) is 128 Å². The van der Waals surface area contributed by atoms with E-state index in [0.29, 0.717) is 12.8 Å². The molecule has 294 valence electrons. The lowest BCUT2D eigenvalue weighted by Gasteiger charge is -2.15. The summed E-state index contributed by atoms with van der Waals surface area (Å²) in [6, 6.07) is -1.39. The molecule has 0 saturated carbocycles. The number of aliphatic hydroxyl groups excluding tert-OH is 1. The lowest BCUT2D eigenvalue weighted by Crippen LogP contribution is -2.47. The summed E-state index contributed by atoms with van der Waals surface area (Å²) in [7, 11) is 0. The number of allylic oxidation sites excluding steroid dienone is 5. The number of carbonyl (C=O) groups excluding carboxylic acids is 3. The molecule has 2 amide bonds. The van der Waals surface area contributed by atoms with E-state index in [1.54, 1.807) is 0 Å². The number of amides is 2.